The number of hydrazine groups is 1. The van der Waals surface area contributed by atoms with Crippen LogP contribution >= 0.6 is 23.5 Å². The number of carbonyl (C=O) groups is 6. The Kier molecular flexibility index (Phi) is 14.9. The quantitative estimate of drug-likeness (QED) is 0.0983. The molecule has 4 amide bonds. The zero-order valence-corrected chi connectivity index (χ0v) is 30.1. The Hall–Kier alpha value is -4.18. The van der Waals surface area contributed by atoms with E-state index < -0.39 is 34.6 Å². The highest BCUT2D eigenvalue weighted by molar-refractivity contribution is 8.19. The first kappa shape index (κ1) is 39.3. The lowest BCUT2D eigenvalue weighted by Crippen LogP contribution is -2.42. The maximum Gasteiger partial charge on any atom is 0.412 e. The molecule has 0 bridgehead atoms. The van der Waals surface area contributed by atoms with Gasteiger partial charge in [-0.3, -0.25) is 19.6 Å². The number of thioether (sulfide) groups is 2. The van der Waals surface area contributed by atoms with Crippen molar-refractivity contribution in [3.05, 3.63) is 35.9 Å². The molecule has 1 aromatic rings. The van der Waals surface area contributed by atoms with Crippen molar-refractivity contribution in [1.82, 2.24) is 20.7 Å². The number of ether oxygens (including phenoxy) is 4. The molecule has 1 saturated heterocycles. The maximum absolute atomic E-state index is 13.8. The van der Waals surface area contributed by atoms with Crippen LogP contribution in [0.15, 0.2) is 40.2 Å². The molecule has 0 saturated carbocycles. The number of hydrogen-bond acceptors (Lipinski definition) is 12. The monoisotopic (exact) mass is 720 g/mol. The molecule has 0 aromatic heterocycles. The third-order valence-corrected chi connectivity index (χ3v) is 10.1. The van der Waals surface area contributed by atoms with E-state index in [2.05, 4.69) is 23.8 Å². The van der Waals surface area contributed by atoms with Crippen LogP contribution in [-0.2, 0) is 28.7 Å². The minimum atomic E-state index is -1.02. The first-order valence-corrected chi connectivity index (χ1v) is 17.8. The topological polar surface area (TPSA) is 170 Å². The number of unbranched alkanes of at least 4 members (excludes halogenated alkanes) is 2. The largest absolute Gasteiger partial charge is 0.460 e. The van der Waals surface area contributed by atoms with Crippen molar-refractivity contribution < 1.29 is 47.7 Å². The molecule has 2 N–H and O–H groups in total. The van der Waals surface area contributed by atoms with Gasteiger partial charge in [0, 0.05) is 24.2 Å². The summed E-state index contributed by atoms with van der Waals surface area (Å²) in [5, 5.41) is 8.12. The summed E-state index contributed by atoms with van der Waals surface area (Å²) in [5.41, 5.74) is 0.884. The van der Waals surface area contributed by atoms with E-state index in [0.717, 1.165) is 25.7 Å². The molecule has 0 aliphatic carbocycles. The van der Waals surface area contributed by atoms with Crippen molar-refractivity contribution >= 4 is 59.5 Å². The number of nitrogens with zero attached hydrogens (tertiary/aromatic N) is 2. The highest BCUT2D eigenvalue weighted by atomic mass is 32.2. The van der Waals surface area contributed by atoms with Gasteiger partial charge in [0.25, 0.3) is 11.8 Å². The number of benzene rings is 1. The van der Waals surface area contributed by atoms with Crippen LogP contribution in [0.25, 0.3) is 0 Å². The molecule has 0 radical (unpaired) electrons. The molecule has 0 spiro atoms. The second-order valence-electron chi connectivity index (χ2n) is 11.4. The molecule has 16 heteroatoms. The highest BCUT2D eigenvalue weighted by Crippen LogP contribution is 2.59. The summed E-state index contributed by atoms with van der Waals surface area (Å²) in [7, 11) is 0. The molecule has 1 fully saturated rings. The summed E-state index contributed by atoms with van der Waals surface area (Å²) in [6.07, 6.45) is 1.50. The van der Waals surface area contributed by atoms with E-state index in [9.17, 15) is 28.8 Å². The smallest absolute Gasteiger partial charge is 0.412 e. The minimum Gasteiger partial charge on any atom is -0.460 e. The van der Waals surface area contributed by atoms with E-state index in [1.165, 1.54) is 43.4 Å². The van der Waals surface area contributed by atoms with Crippen LogP contribution < -0.4 is 20.1 Å². The third kappa shape index (κ3) is 10.4. The van der Waals surface area contributed by atoms with E-state index in [4.69, 9.17) is 18.9 Å². The molecule has 3 rings (SSSR count). The first-order chi connectivity index (χ1) is 23.3. The zero-order chi connectivity index (χ0) is 36.2. The van der Waals surface area contributed by atoms with Gasteiger partial charge in [-0.15, -0.1) is 23.5 Å². The number of nitrogens with one attached hydrogen (secondary N) is 2. The standard InChI is InChI=1S/C33H44N4O10S2/c1-8-10-14-36-27(38)23(28(39)37(36)15-11-9-2)31-48-25-22(46-32(42)34-12-16-44-29(40)19(3)4)18-21(7)24(26(25)49-31)47-33(43)35-13-17-45-30(41)20(5)6/h18,23,31H,3,5,8-17H2,1-2,4,6-7H3,(H,34,42)(H,35,43). The second kappa shape index (κ2) is 18.5. The number of rotatable bonds is 17. The van der Waals surface area contributed by atoms with Crippen LogP contribution in [0, 0.1) is 12.8 Å². The van der Waals surface area contributed by atoms with Crippen LogP contribution in [0.2, 0.25) is 0 Å². The lowest BCUT2D eigenvalue weighted by Gasteiger charge is -2.27. The number of hydrogen-bond donors (Lipinski definition) is 2. The van der Waals surface area contributed by atoms with Gasteiger partial charge in [-0.1, -0.05) is 39.8 Å². The van der Waals surface area contributed by atoms with Gasteiger partial charge < -0.3 is 29.6 Å². The summed E-state index contributed by atoms with van der Waals surface area (Å²) in [6.45, 7) is 16.3. The zero-order valence-electron chi connectivity index (χ0n) is 28.5. The predicted octanol–water partition coefficient (Wildman–Crippen LogP) is 4.74. The van der Waals surface area contributed by atoms with Crippen molar-refractivity contribution in [2.24, 2.45) is 5.92 Å². The second-order valence-corrected chi connectivity index (χ2v) is 14.0. The van der Waals surface area contributed by atoms with E-state index in [1.54, 1.807) is 16.9 Å². The Morgan fingerprint density at radius 3 is 1.73 bits per heavy atom. The van der Waals surface area contributed by atoms with Gasteiger partial charge in [0.05, 0.1) is 27.5 Å². The normalized spacial score (nSPS) is 15.5. The molecule has 2 aliphatic rings. The molecule has 49 heavy (non-hydrogen) atoms. The Bertz CT molecular complexity index is 1460. The number of fused-ring (bicyclic) bond motifs is 1. The van der Waals surface area contributed by atoms with Crippen LogP contribution in [0.1, 0.15) is 58.9 Å². The summed E-state index contributed by atoms with van der Waals surface area (Å²) >= 11 is 2.37. The fraction of sp³-hybridized carbons (Fsp3) is 0.515. The predicted molar refractivity (Wildman–Crippen MR) is 183 cm³/mol. The van der Waals surface area contributed by atoms with Gasteiger partial charge in [-0.2, -0.15) is 0 Å². The van der Waals surface area contributed by atoms with Gasteiger partial charge in [-0.05, 0) is 45.2 Å². The van der Waals surface area contributed by atoms with Crippen LogP contribution in [0.4, 0.5) is 9.59 Å². The molecular formula is C33H44N4O10S2. The Labute approximate surface area is 294 Å². The molecule has 14 nitrogen and oxygen atoms in total. The van der Waals surface area contributed by atoms with Crippen LogP contribution in [0.5, 0.6) is 11.5 Å². The maximum atomic E-state index is 13.8. The van der Waals surface area contributed by atoms with Crippen molar-refractivity contribution in [2.45, 2.75) is 74.7 Å². The van der Waals surface area contributed by atoms with Gasteiger partial charge in [0.1, 0.15) is 24.9 Å². The average Bonchev–Trinajstić information content (AvgIpc) is 3.58. The first-order valence-electron chi connectivity index (χ1n) is 16.0. The molecule has 268 valence electrons. The summed E-state index contributed by atoms with van der Waals surface area (Å²) in [5.74, 6) is -2.52. The lowest BCUT2D eigenvalue weighted by atomic mass is 10.1. The fourth-order valence-electron chi connectivity index (χ4n) is 4.62. The Morgan fingerprint density at radius 2 is 1.27 bits per heavy atom. The Morgan fingerprint density at radius 1 is 0.796 bits per heavy atom. The van der Waals surface area contributed by atoms with Gasteiger partial charge in [0.2, 0.25) is 0 Å². The highest BCUT2D eigenvalue weighted by Gasteiger charge is 2.52. The Balaban J connectivity index is 1.85. The SMILES string of the molecule is C=C(C)C(=O)OCCNC(=O)Oc1cc(C)c(OC(=O)NCCOC(=O)C(=C)C)c2c1SC(C1C(=O)N(CCCC)N(CCCC)C1=O)S2. The van der Waals surface area contributed by atoms with E-state index in [1.807, 2.05) is 13.8 Å². The fourth-order valence-corrected chi connectivity index (χ4v) is 7.81. The summed E-state index contributed by atoms with van der Waals surface area (Å²) < 4.78 is 20.7. The van der Waals surface area contributed by atoms with Crippen LogP contribution in [0.3, 0.4) is 0 Å². The molecule has 2 heterocycles. The van der Waals surface area contributed by atoms with Gasteiger partial charge in [-0.25, -0.2) is 19.2 Å². The number of aryl methyl sites for hydroxylation is 1. The van der Waals surface area contributed by atoms with Crippen molar-refractivity contribution in [2.75, 3.05) is 39.4 Å². The summed E-state index contributed by atoms with van der Waals surface area (Å²) in [4.78, 5) is 77.2. The lowest BCUT2D eigenvalue weighted by molar-refractivity contribution is -0.147. The van der Waals surface area contributed by atoms with E-state index >= 15 is 0 Å². The number of carbonyl (C=O) groups excluding carboxylic acids is 6. The van der Waals surface area contributed by atoms with Crippen molar-refractivity contribution in [3.63, 3.8) is 0 Å². The third-order valence-electron chi connectivity index (χ3n) is 7.16. The number of esters is 2. The number of amides is 4. The van der Waals surface area contributed by atoms with Crippen molar-refractivity contribution in [1.29, 1.82) is 0 Å². The molecule has 1 unspecified atom stereocenters. The molecule has 2 aliphatic heterocycles. The van der Waals surface area contributed by atoms with Crippen LogP contribution in [-0.4, -0.2) is 89.9 Å². The minimum absolute atomic E-state index is 0.0288. The summed E-state index contributed by atoms with van der Waals surface area (Å²) in [6, 6.07) is 1.52. The van der Waals surface area contributed by atoms with Gasteiger partial charge in [0.15, 0.2) is 5.75 Å². The van der Waals surface area contributed by atoms with E-state index in [0.29, 0.717) is 28.4 Å². The average molecular weight is 721 g/mol. The molecule has 1 atom stereocenters. The van der Waals surface area contributed by atoms with Crippen molar-refractivity contribution in [3.8, 4) is 11.5 Å². The molecule has 1 aromatic carbocycles. The van der Waals surface area contributed by atoms with E-state index in [-0.39, 0.29) is 60.8 Å². The molecular weight excluding hydrogens is 677 g/mol. The van der Waals surface area contributed by atoms with Gasteiger partial charge >= 0.3 is 24.1 Å².